The lowest BCUT2D eigenvalue weighted by molar-refractivity contribution is 0.0947. The number of para-hydroxylation sites is 2. The molecule has 72 heavy (non-hydrogen) atoms. The maximum Gasteiger partial charge on any atom is 0.163 e. The number of benzene rings is 2. The van der Waals surface area contributed by atoms with Gasteiger partial charge in [0.05, 0.1) is 49.0 Å². The van der Waals surface area contributed by atoms with Crippen molar-refractivity contribution in [2.24, 2.45) is 10.8 Å². The molecular formula is C48H60Cl2N10O10S2. The lowest BCUT2D eigenvalue weighted by atomic mass is 10.1. The Balaban J connectivity index is 0.000000211. The summed E-state index contributed by atoms with van der Waals surface area (Å²) in [5.74, 6) is 3.84. The highest BCUT2D eigenvalue weighted by Crippen LogP contribution is 2.60. The first-order valence-electron chi connectivity index (χ1n) is 22.8. The third kappa shape index (κ3) is 11.2. The van der Waals surface area contributed by atoms with Crippen LogP contribution in [0.4, 0.5) is 0 Å². The van der Waals surface area contributed by atoms with E-state index in [-0.39, 0.29) is 57.5 Å². The van der Waals surface area contributed by atoms with E-state index in [1.165, 1.54) is 39.0 Å². The summed E-state index contributed by atoms with van der Waals surface area (Å²) in [6.07, 6.45) is 5.65. The number of hydrogen-bond donors (Lipinski definition) is 0. The van der Waals surface area contributed by atoms with Crippen molar-refractivity contribution in [1.29, 1.82) is 0 Å². The maximum absolute atomic E-state index is 13.6. The van der Waals surface area contributed by atoms with E-state index in [0.29, 0.717) is 56.1 Å². The second kappa shape index (κ2) is 21.5. The Bertz CT molecular complexity index is 2850. The molecule has 2 unspecified atom stereocenters. The van der Waals surface area contributed by atoms with Crippen LogP contribution < -0.4 is 18.9 Å². The molecule has 2 fully saturated rings. The van der Waals surface area contributed by atoms with Crippen molar-refractivity contribution in [3.05, 3.63) is 106 Å². The van der Waals surface area contributed by atoms with Crippen LogP contribution in [0.3, 0.4) is 0 Å². The van der Waals surface area contributed by atoms with E-state index < -0.39 is 42.4 Å². The summed E-state index contributed by atoms with van der Waals surface area (Å²) >= 11 is 11.8. The number of ether oxygens (including phenoxy) is 6. The molecule has 0 bridgehead atoms. The van der Waals surface area contributed by atoms with Crippen LogP contribution in [0.25, 0.3) is 11.4 Å². The van der Waals surface area contributed by atoms with Crippen molar-refractivity contribution < 1.29 is 45.3 Å². The fourth-order valence-electron chi connectivity index (χ4n) is 8.66. The van der Waals surface area contributed by atoms with Crippen molar-refractivity contribution in [2.75, 3.05) is 42.7 Å². The quantitative estimate of drug-likeness (QED) is 0.0707. The van der Waals surface area contributed by atoms with Gasteiger partial charge in [-0.3, -0.25) is 9.13 Å². The number of hydrogen-bond acceptors (Lipinski definition) is 18. The molecule has 4 aromatic heterocycles. The zero-order chi connectivity index (χ0) is 52.5. The highest BCUT2D eigenvalue weighted by atomic mass is 35.5. The largest absolute Gasteiger partial charge is 0.494 e. The monoisotopic (exact) mass is 1070 g/mol. The van der Waals surface area contributed by atoms with Crippen LogP contribution >= 0.6 is 23.2 Å². The molecule has 6 atom stereocenters. The van der Waals surface area contributed by atoms with Gasteiger partial charge in [-0.05, 0) is 61.8 Å². The lowest BCUT2D eigenvalue weighted by Crippen LogP contribution is -2.30. The van der Waals surface area contributed by atoms with E-state index in [0.717, 1.165) is 12.8 Å². The summed E-state index contributed by atoms with van der Waals surface area (Å²) in [5, 5.41) is 16.3. The van der Waals surface area contributed by atoms with Gasteiger partial charge in [0.1, 0.15) is 69.7 Å². The second-order valence-corrected chi connectivity index (χ2v) is 24.6. The Morgan fingerprint density at radius 1 is 0.556 bits per heavy atom. The first kappa shape index (κ1) is 54.3. The predicted octanol–water partition coefficient (Wildman–Crippen LogP) is 7.86. The highest BCUT2D eigenvalue weighted by Gasteiger charge is 2.52. The van der Waals surface area contributed by atoms with Gasteiger partial charge >= 0.3 is 0 Å². The van der Waals surface area contributed by atoms with Gasteiger partial charge in [0.25, 0.3) is 0 Å². The molecule has 0 aliphatic heterocycles. The van der Waals surface area contributed by atoms with Crippen LogP contribution in [0.5, 0.6) is 23.0 Å². The highest BCUT2D eigenvalue weighted by molar-refractivity contribution is 7.91. The fraction of sp³-hybridized carbons (Fsp3) is 0.500. The molecule has 2 aliphatic rings. The molecule has 0 N–H and O–H groups in total. The van der Waals surface area contributed by atoms with Crippen LogP contribution in [-0.4, -0.2) is 119 Å². The van der Waals surface area contributed by atoms with Crippen molar-refractivity contribution in [3.8, 4) is 34.4 Å². The summed E-state index contributed by atoms with van der Waals surface area (Å²) in [6, 6.07) is 10.8. The van der Waals surface area contributed by atoms with Crippen molar-refractivity contribution >= 4 is 42.9 Å². The van der Waals surface area contributed by atoms with E-state index in [1.807, 2.05) is 0 Å². The molecule has 2 aromatic carbocycles. The lowest BCUT2D eigenvalue weighted by Gasteiger charge is -2.22. The molecule has 0 spiro atoms. The number of nitrogens with zero attached hydrogens (tertiary/aromatic N) is 10. The normalized spacial score (nSPS) is 18.5. The Labute approximate surface area is 430 Å². The summed E-state index contributed by atoms with van der Waals surface area (Å²) in [5.41, 5.74) is 1.17. The van der Waals surface area contributed by atoms with Crippen LogP contribution in [-0.2, 0) is 40.7 Å². The maximum atomic E-state index is 13.6. The zero-order valence-corrected chi connectivity index (χ0v) is 45.3. The molecule has 8 rings (SSSR count). The fourth-order valence-corrected chi connectivity index (χ4v) is 11.7. The van der Waals surface area contributed by atoms with Crippen molar-refractivity contribution in [1.82, 2.24) is 49.5 Å². The van der Waals surface area contributed by atoms with E-state index in [4.69, 9.17) is 51.6 Å². The van der Waals surface area contributed by atoms with E-state index in [9.17, 15) is 16.8 Å². The average molecular weight is 1070 g/mol. The van der Waals surface area contributed by atoms with Gasteiger partial charge in [0.2, 0.25) is 0 Å². The molecule has 20 nitrogen and oxygen atoms in total. The topological polar surface area (TPSA) is 237 Å². The molecule has 0 saturated heterocycles. The molecule has 388 valence electrons. The van der Waals surface area contributed by atoms with Gasteiger partial charge < -0.3 is 28.4 Å². The average Bonchev–Trinajstić information content (AvgIpc) is 4.02. The molecule has 6 aromatic rings. The molecule has 0 amide bonds. The number of halogens is 2. The van der Waals surface area contributed by atoms with Crippen LogP contribution in [0.2, 0.25) is 10.0 Å². The van der Waals surface area contributed by atoms with Gasteiger partial charge in [-0.25, -0.2) is 36.8 Å². The molecule has 2 saturated carbocycles. The standard InChI is InChI=1S/2C24H30ClN5O5S/c2*1-14(21(35-6)22-26-11-15(25)12-27-22)36(31,32)13-19-28-29-23(16-10-24(16,2)3)30(19)20-17(33-4)8-7-9-18(20)34-5/h2*7-9,11-12,14,16,21H,10,13H2,1-6H3/t2*14-,16?,21-/m00/s1. The van der Waals surface area contributed by atoms with E-state index >= 15 is 0 Å². The second-order valence-electron chi connectivity index (χ2n) is 19.0. The summed E-state index contributed by atoms with van der Waals surface area (Å²) in [6.45, 7) is 11.7. The summed E-state index contributed by atoms with van der Waals surface area (Å²) in [4.78, 5) is 16.6. The first-order chi connectivity index (χ1) is 34.1. The predicted molar refractivity (Wildman–Crippen MR) is 269 cm³/mol. The van der Waals surface area contributed by atoms with Gasteiger partial charge in [0.15, 0.2) is 43.0 Å². The number of sulfone groups is 2. The smallest absolute Gasteiger partial charge is 0.163 e. The minimum absolute atomic E-state index is 0.0243. The summed E-state index contributed by atoms with van der Waals surface area (Å²) in [7, 11) is 1.42. The Hall–Kier alpha value is -5.52. The summed E-state index contributed by atoms with van der Waals surface area (Å²) < 4.78 is 91.6. The molecular weight excluding hydrogens is 1010 g/mol. The molecule has 24 heteroatoms. The van der Waals surface area contributed by atoms with Gasteiger partial charge in [-0.1, -0.05) is 63.0 Å². The minimum atomic E-state index is -3.82. The van der Waals surface area contributed by atoms with Gasteiger partial charge in [-0.2, -0.15) is 0 Å². The van der Waals surface area contributed by atoms with Gasteiger partial charge in [-0.15, -0.1) is 20.4 Å². The van der Waals surface area contributed by atoms with Crippen molar-refractivity contribution in [2.45, 2.75) is 100 Å². The van der Waals surface area contributed by atoms with E-state index in [1.54, 1.807) is 87.8 Å². The third-order valence-electron chi connectivity index (χ3n) is 13.4. The van der Waals surface area contributed by atoms with Crippen LogP contribution in [0.1, 0.15) is 113 Å². The minimum Gasteiger partial charge on any atom is -0.494 e. The number of aromatic nitrogens is 10. The number of methoxy groups -OCH3 is 6. The van der Waals surface area contributed by atoms with Gasteiger partial charge in [0, 0.05) is 50.8 Å². The zero-order valence-electron chi connectivity index (χ0n) is 42.2. The van der Waals surface area contributed by atoms with Crippen molar-refractivity contribution in [3.63, 3.8) is 0 Å². The first-order valence-corrected chi connectivity index (χ1v) is 27.0. The van der Waals surface area contributed by atoms with E-state index in [2.05, 4.69) is 68.0 Å². The SMILES string of the molecule is COc1cccc(OC)c1-n1c(CS(=O)(=O)[C@@H](C)[C@H](OC)c2ncc(Cl)cn2)nnc1C1CC1(C)C.COc1cccc(OC)c1-n1c(CS(=O)(=O)[C@@H](C)[C@H](OC)c2ncc(Cl)cn2)nnc1C1CC1(C)C. The third-order valence-corrected chi connectivity index (χ3v) is 17.8. The number of rotatable bonds is 20. The van der Waals surface area contributed by atoms with Crippen LogP contribution in [0, 0.1) is 10.8 Å². The van der Waals surface area contributed by atoms with Crippen LogP contribution in [0.15, 0.2) is 61.2 Å². The molecule has 4 heterocycles. The Kier molecular flexibility index (Phi) is 16.2. The molecule has 0 radical (unpaired) electrons. The Morgan fingerprint density at radius 3 is 1.10 bits per heavy atom. The molecule has 2 aliphatic carbocycles. The Morgan fingerprint density at radius 2 is 0.847 bits per heavy atom.